The minimum atomic E-state index is 0.133. The van der Waals surface area contributed by atoms with Crippen LogP contribution >= 0.6 is 11.3 Å². The molecule has 0 atom stereocenters. The molecule has 1 aromatic carbocycles. The fraction of sp³-hybridized carbons (Fsp3) is 0.500. The van der Waals surface area contributed by atoms with E-state index in [9.17, 15) is 4.79 Å². The maximum Gasteiger partial charge on any atom is 0.219 e. The lowest BCUT2D eigenvalue weighted by Crippen LogP contribution is -2.48. The van der Waals surface area contributed by atoms with E-state index < -0.39 is 0 Å². The summed E-state index contributed by atoms with van der Waals surface area (Å²) in [5.74, 6) is 0.133. The maximum absolute atomic E-state index is 11.2. The first kappa shape index (κ1) is 15.2. The molecule has 0 spiro atoms. The molecule has 118 valence electrons. The molecule has 0 bridgehead atoms. The quantitative estimate of drug-likeness (QED) is 0.915. The first-order valence-electron chi connectivity index (χ1n) is 7.86. The number of nitrogens with one attached hydrogen (secondary N) is 1. The average molecular weight is 318 g/mol. The van der Waals surface area contributed by atoms with Crippen LogP contribution in [0.3, 0.4) is 0 Å². The van der Waals surface area contributed by atoms with Gasteiger partial charge in [-0.2, -0.15) is 0 Å². The summed E-state index contributed by atoms with van der Waals surface area (Å²) in [7, 11) is 0. The third-order valence-electron chi connectivity index (χ3n) is 4.00. The van der Waals surface area contributed by atoms with Crippen molar-refractivity contribution in [3.63, 3.8) is 0 Å². The van der Waals surface area contributed by atoms with Crippen LogP contribution in [-0.4, -0.2) is 55.1 Å². The van der Waals surface area contributed by atoms with E-state index in [1.165, 1.54) is 4.70 Å². The third-order valence-corrected chi connectivity index (χ3v) is 5.09. The summed E-state index contributed by atoms with van der Waals surface area (Å²) in [6.07, 6.45) is 0.561. The number of carbonyl (C=O) groups is 1. The van der Waals surface area contributed by atoms with Gasteiger partial charge in [-0.25, -0.2) is 4.98 Å². The average Bonchev–Trinajstić information content (AvgIpc) is 2.99. The number of rotatable bonds is 5. The van der Waals surface area contributed by atoms with Crippen LogP contribution in [0.2, 0.25) is 0 Å². The van der Waals surface area contributed by atoms with Crippen LogP contribution in [0, 0.1) is 0 Å². The monoisotopic (exact) mass is 318 g/mol. The summed E-state index contributed by atoms with van der Waals surface area (Å²) < 4.78 is 1.25. The summed E-state index contributed by atoms with van der Waals surface area (Å²) in [6.45, 7) is 7.61. The minimum Gasteiger partial charge on any atom is -0.355 e. The van der Waals surface area contributed by atoms with Gasteiger partial charge in [0.25, 0.3) is 0 Å². The summed E-state index contributed by atoms with van der Waals surface area (Å²) in [5.41, 5.74) is 1.09. The van der Waals surface area contributed by atoms with Gasteiger partial charge in [-0.3, -0.25) is 9.69 Å². The molecule has 2 heterocycles. The molecule has 2 aromatic rings. The Bertz CT molecular complexity index is 601. The van der Waals surface area contributed by atoms with Crippen molar-refractivity contribution < 1.29 is 4.79 Å². The van der Waals surface area contributed by atoms with Crippen molar-refractivity contribution in [2.24, 2.45) is 0 Å². The van der Waals surface area contributed by atoms with E-state index in [1.807, 2.05) is 13.0 Å². The van der Waals surface area contributed by atoms with Gasteiger partial charge in [0.15, 0.2) is 5.13 Å². The Morgan fingerprint density at radius 3 is 2.77 bits per heavy atom. The standard InChI is InChI=1S/C16H22N4OS/c1-2-15(21)17-7-8-19-9-11-20(12-10-19)16-18-13-5-3-4-6-14(13)22-16/h3-6H,2,7-12H2,1H3,(H,17,21). The lowest BCUT2D eigenvalue weighted by Gasteiger charge is -2.34. The van der Waals surface area contributed by atoms with Crippen molar-refractivity contribution in [2.45, 2.75) is 13.3 Å². The van der Waals surface area contributed by atoms with E-state index in [4.69, 9.17) is 4.98 Å². The lowest BCUT2D eigenvalue weighted by atomic mass is 10.3. The van der Waals surface area contributed by atoms with E-state index in [2.05, 4.69) is 33.3 Å². The molecule has 0 unspecified atom stereocenters. The highest BCUT2D eigenvalue weighted by Crippen LogP contribution is 2.28. The summed E-state index contributed by atoms with van der Waals surface area (Å²) in [6, 6.07) is 8.30. The fourth-order valence-electron chi connectivity index (χ4n) is 2.64. The molecule has 1 aliphatic heterocycles. The molecular formula is C16H22N4OS. The van der Waals surface area contributed by atoms with Crippen molar-refractivity contribution in [1.82, 2.24) is 15.2 Å². The van der Waals surface area contributed by atoms with Crippen molar-refractivity contribution >= 4 is 32.6 Å². The van der Waals surface area contributed by atoms with Crippen molar-refractivity contribution in [2.75, 3.05) is 44.2 Å². The summed E-state index contributed by atoms with van der Waals surface area (Å²) in [4.78, 5) is 20.7. The van der Waals surface area contributed by atoms with Gasteiger partial charge in [-0.15, -0.1) is 0 Å². The van der Waals surface area contributed by atoms with Crippen LogP contribution in [0.25, 0.3) is 10.2 Å². The van der Waals surface area contributed by atoms with Crippen molar-refractivity contribution in [3.8, 4) is 0 Å². The molecule has 1 N–H and O–H groups in total. The molecule has 5 nitrogen and oxygen atoms in total. The third kappa shape index (κ3) is 3.56. The first-order valence-corrected chi connectivity index (χ1v) is 8.67. The highest BCUT2D eigenvalue weighted by atomic mass is 32.1. The van der Waals surface area contributed by atoms with Crippen LogP contribution in [0.5, 0.6) is 0 Å². The highest BCUT2D eigenvalue weighted by Gasteiger charge is 2.19. The van der Waals surface area contributed by atoms with Crippen molar-refractivity contribution in [3.05, 3.63) is 24.3 Å². The number of nitrogens with zero attached hydrogens (tertiary/aromatic N) is 3. The number of aromatic nitrogens is 1. The molecule has 1 saturated heterocycles. The number of thiazole rings is 1. The molecule has 1 fully saturated rings. The number of piperazine rings is 1. The number of hydrogen-bond donors (Lipinski definition) is 1. The van der Waals surface area contributed by atoms with Gasteiger partial charge in [-0.1, -0.05) is 30.4 Å². The number of para-hydroxylation sites is 1. The Hall–Kier alpha value is -1.66. The topological polar surface area (TPSA) is 48.5 Å². The fourth-order valence-corrected chi connectivity index (χ4v) is 3.65. The zero-order valence-electron chi connectivity index (χ0n) is 12.9. The van der Waals surface area contributed by atoms with E-state index in [0.29, 0.717) is 6.42 Å². The van der Waals surface area contributed by atoms with Gasteiger partial charge in [0.2, 0.25) is 5.91 Å². The molecule has 1 aromatic heterocycles. The molecule has 6 heteroatoms. The van der Waals surface area contributed by atoms with E-state index >= 15 is 0 Å². The van der Waals surface area contributed by atoms with Crippen molar-refractivity contribution in [1.29, 1.82) is 0 Å². The van der Waals surface area contributed by atoms with E-state index in [-0.39, 0.29) is 5.91 Å². The van der Waals surface area contributed by atoms with Gasteiger partial charge in [0, 0.05) is 45.7 Å². The van der Waals surface area contributed by atoms with Crippen LogP contribution < -0.4 is 10.2 Å². The second kappa shape index (κ2) is 7.07. The zero-order valence-corrected chi connectivity index (χ0v) is 13.7. The van der Waals surface area contributed by atoms with Gasteiger partial charge >= 0.3 is 0 Å². The number of benzene rings is 1. The Morgan fingerprint density at radius 2 is 2.05 bits per heavy atom. The van der Waals surface area contributed by atoms with E-state index in [0.717, 1.165) is 49.9 Å². The molecular weight excluding hydrogens is 296 g/mol. The second-order valence-electron chi connectivity index (χ2n) is 5.50. The second-order valence-corrected chi connectivity index (χ2v) is 6.51. The van der Waals surface area contributed by atoms with Crippen LogP contribution in [0.1, 0.15) is 13.3 Å². The molecule has 22 heavy (non-hydrogen) atoms. The van der Waals surface area contributed by atoms with Gasteiger partial charge < -0.3 is 10.2 Å². The maximum atomic E-state index is 11.2. The molecule has 1 amide bonds. The predicted octanol–water partition coefficient (Wildman–Crippen LogP) is 1.94. The predicted molar refractivity (Wildman–Crippen MR) is 91.6 cm³/mol. The Morgan fingerprint density at radius 1 is 1.27 bits per heavy atom. The van der Waals surface area contributed by atoms with Gasteiger partial charge in [0.05, 0.1) is 10.2 Å². The molecule has 1 aliphatic rings. The first-order chi connectivity index (χ1) is 10.8. The normalized spacial score (nSPS) is 16.1. The number of carbonyl (C=O) groups excluding carboxylic acids is 1. The number of anilines is 1. The Labute approximate surface area is 134 Å². The Balaban J connectivity index is 1.50. The SMILES string of the molecule is CCC(=O)NCCN1CCN(c2nc3ccccc3s2)CC1. The summed E-state index contributed by atoms with van der Waals surface area (Å²) in [5, 5.41) is 4.06. The molecule has 3 rings (SSSR count). The number of fused-ring (bicyclic) bond motifs is 1. The van der Waals surface area contributed by atoms with Crippen LogP contribution in [0.4, 0.5) is 5.13 Å². The molecule has 0 radical (unpaired) electrons. The van der Waals surface area contributed by atoms with Gasteiger partial charge in [0.1, 0.15) is 0 Å². The Kier molecular flexibility index (Phi) is 4.90. The van der Waals surface area contributed by atoms with Crippen LogP contribution in [-0.2, 0) is 4.79 Å². The smallest absolute Gasteiger partial charge is 0.219 e. The number of hydrogen-bond acceptors (Lipinski definition) is 5. The van der Waals surface area contributed by atoms with Crippen LogP contribution in [0.15, 0.2) is 24.3 Å². The van der Waals surface area contributed by atoms with E-state index in [1.54, 1.807) is 11.3 Å². The number of amides is 1. The largest absolute Gasteiger partial charge is 0.355 e. The van der Waals surface area contributed by atoms with Gasteiger partial charge in [-0.05, 0) is 12.1 Å². The zero-order chi connectivity index (χ0) is 15.4. The minimum absolute atomic E-state index is 0.133. The lowest BCUT2D eigenvalue weighted by molar-refractivity contribution is -0.120. The molecule has 0 saturated carbocycles. The summed E-state index contributed by atoms with van der Waals surface area (Å²) >= 11 is 1.77. The highest BCUT2D eigenvalue weighted by molar-refractivity contribution is 7.22. The molecule has 0 aliphatic carbocycles.